The smallest absolute Gasteiger partial charge is 0.263 e. The molecule has 4 nitrogen and oxygen atoms in total. The summed E-state index contributed by atoms with van der Waals surface area (Å²) in [4.78, 5) is 20.4. The molecule has 2 aromatic heterocycles. The van der Waals surface area contributed by atoms with Crippen molar-refractivity contribution in [2.75, 3.05) is 0 Å². The molecule has 0 radical (unpaired) electrons. The summed E-state index contributed by atoms with van der Waals surface area (Å²) in [5, 5.41) is 0.552. The van der Waals surface area contributed by atoms with Crippen molar-refractivity contribution in [2.24, 2.45) is 0 Å². The first-order chi connectivity index (χ1) is 8.84. The first kappa shape index (κ1) is 10.7. The molecule has 0 amide bonds. The van der Waals surface area contributed by atoms with Gasteiger partial charge in [-0.2, -0.15) is 0 Å². The van der Waals surface area contributed by atoms with Crippen LogP contribution in [0, 0.1) is 0 Å². The van der Waals surface area contributed by atoms with Gasteiger partial charge in [-0.1, -0.05) is 30.3 Å². The van der Waals surface area contributed by atoms with E-state index < -0.39 is 0 Å². The van der Waals surface area contributed by atoms with Gasteiger partial charge in [-0.25, -0.2) is 4.98 Å². The molecule has 0 atom stereocenters. The fourth-order valence-electron chi connectivity index (χ4n) is 1.90. The van der Waals surface area contributed by atoms with Crippen molar-refractivity contribution in [3.8, 4) is 0 Å². The van der Waals surface area contributed by atoms with Crippen molar-refractivity contribution >= 4 is 10.9 Å². The highest BCUT2D eigenvalue weighted by molar-refractivity contribution is 5.75. The lowest BCUT2D eigenvalue weighted by molar-refractivity contribution is 0.748. The van der Waals surface area contributed by atoms with Crippen molar-refractivity contribution in [2.45, 2.75) is 6.54 Å². The summed E-state index contributed by atoms with van der Waals surface area (Å²) in [7, 11) is 0. The van der Waals surface area contributed by atoms with Crippen LogP contribution in [0.4, 0.5) is 0 Å². The zero-order valence-electron chi connectivity index (χ0n) is 9.65. The third-order valence-corrected chi connectivity index (χ3v) is 2.82. The molecule has 1 aromatic carbocycles. The van der Waals surface area contributed by atoms with E-state index in [1.165, 1.54) is 0 Å². The third-order valence-electron chi connectivity index (χ3n) is 2.82. The fourth-order valence-corrected chi connectivity index (χ4v) is 1.90. The van der Waals surface area contributed by atoms with Crippen LogP contribution in [0.2, 0.25) is 0 Å². The molecule has 0 bridgehead atoms. The van der Waals surface area contributed by atoms with Crippen molar-refractivity contribution in [3.63, 3.8) is 0 Å². The van der Waals surface area contributed by atoms with Crippen LogP contribution in [0.3, 0.4) is 0 Å². The first-order valence-electron chi connectivity index (χ1n) is 5.68. The molecule has 0 unspecified atom stereocenters. The molecule has 0 N–H and O–H groups in total. The lowest BCUT2D eigenvalue weighted by Crippen LogP contribution is -2.21. The van der Waals surface area contributed by atoms with E-state index in [0.717, 1.165) is 5.56 Å². The highest BCUT2D eigenvalue weighted by atomic mass is 16.1. The Morgan fingerprint density at radius 1 is 1.11 bits per heavy atom. The molecule has 0 saturated heterocycles. The highest BCUT2D eigenvalue weighted by Gasteiger charge is 2.03. The molecular weight excluding hydrogens is 226 g/mol. The lowest BCUT2D eigenvalue weighted by atomic mass is 10.2. The molecule has 0 aliphatic heterocycles. The molecular formula is C14H11N3O. The van der Waals surface area contributed by atoms with Crippen LogP contribution < -0.4 is 5.56 Å². The Hall–Kier alpha value is -2.49. The molecule has 3 rings (SSSR count). The van der Waals surface area contributed by atoms with Gasteiger partial charge in [0.15, 0.2) is 0 Å². The Labute approximate surface area is 104 Å². The van der Waals surface area contributed by atoms with Gasteiger partial charge in [0.05, 0.1) is 23.8 Å². The number of fused-ring (bicyclic) bond motifs is 1. The van der Waals surface area contributed by atoms with Crippen molar-refractivity contribution in [3.05, 3.63) is 71.0 Å². The number of benzene rings is 1. The summed E-state index contributed by atoms with van der Waals surface area (Å²) in [6, 6.07) is 11.6. The number of pyridine rings is 1. The van der Waals surface area contributed by atoms with Gasteiger partial charge in [-0.05, 0) is 11.6 Å². The summed E-state index contributed by atoms with van der Waals surface area (Å²) in [5.41, 5.74) is 1.70. The van der Waals surface area contributed by atoms with Crippen LogP contribution >= 0.6 is 0 Å². The highest BCUT2D eigenvalue weighted by Crippen LogP contribution is 2.05. The minimum absolute atomic E-state index is 0.0584. The molecule has 0 aliphatic carbocycles. The monoisotopic (exact) mass is 237 g/mol. The Morgan fingerprint density at radius 3 is 2.78 bits per heavy atom. The maximum absolute atomic E-state index is 12.2. The molecule has 0 aliphatic rings. The number of aromatic nitrogens is 3. The molecule has 0 spiro atoms. The van der Waals surface area contributed by atoms with Crippen LogP contribution in [0.5, 0.6) is 0 Å². The summed E-state index contributed by atoms with van der Waals surface area (Å²) < 4.78 is 1.60. The minimum Gasteiger partial charge on any atom is -0.294 e. The lowest BCUT2D eigenvalue weighted by Gasteiger charge is -2.06. The van der Waals surface area contributed by atoms with E-state index in [2.05, 4.69) is 9.97 Å². The van der Waals surface area contributed by atoms with Crippen LogP contribution in [-0.4, -0.2) is 14.5 Å². The van der Waals surface area contributed by atoms with Gasteiger partial charge in [-0.15, -0.1) is 0 Å². The van der Waals surface area contributed by atoms with E-state index in [0.29, 0.717) is 17.4 Å². The topological polar surface area (TPSA) is 47.8 Å². The van der Waals surface area contributed by atoms with E-state index in [-0.39, 0.29) is 5.56 Å². The molecule has 2 heterocycles. The van der Waals surface area contributed by atoms with E-state index >= 15 is 0 Å². The predicted octanol–water partition coefficient (Wildman–Crippen LogP) is 1.84. The zero-order chi connectivity index (χ0) is 12.4. The zero-order valence-corrected chi connectivity index (χ0v) is 9.65. The number of nitrogens with zero attached hydrogens (tertiary/aromatic N) is 3. The van der Waals surface area contributed by atoms with Gasteiger partial charge >= 0.3 is 0 Å². The Kier molecular flexibility index (Phi) is 2.61. The van der Waals surface area contributed by atoms with Gasteiger partial charge in [-0.3, -0.25) is 14.3 Å². The molecule has 0 fully saturated rings. The molecule has 18 heavy (non-hydrogen) atoms. The van der Waals surface area contributed by atoms with E-state index in [4.69, 9.17) is 0 Å². The average molecular weight is 237 g/mol. The quantitative estimate of drug-likeness (QED) is 0.683. The van der Waals surface area contributed by atoms with E-state index in [1.54, 1.807) is 29.4 Å². The number of rotatable bonds is 2. The van der Waals surface area contributed by atoms with Gasteiger partial charge in [0.2, 0.25) is 0 Å². The standard InChI is InChI=1S/C14H11N3O/c18-14-12-8-15-7-6-13(12)16-10-17(14)9-11-4-2-1-3-5-11/h1-8,10H,9H2. The molecule has 0 saturated carbocycles. The minimum atomic E-state index is -0.0584. The Morgan fingerprint density at radius 2 is 1.94 bits per heavy atom. The largest absolute Gasteiger partial charge is 0.294 e. The normalized spacial score (nSPS) is 10.7. The van der Waals surface area contributed by atoms with Gasteiger partial charge < -0.3 is 0 Å². The maximum atomic E-state index is 12.2. The van der Waals surface area contributed by atoms with E-state index in [9.17, 15) is 4.79 Å². The molecule has 88 valence electrons. The van der Waals surface area contributed by atoms with Gasteiger partial charge in [0.25, 0.3) is 5.56 Å². The van der Waals surface area contributed by atoms with E-state index in [1.807, 2.05) is 30.3 Å². The van der Waals surface area contributed by atoms with Crippen molar-refractivity contribution in [1.29, 1.82) is 0 Å². The second-order valence-electron chi connectivity index (χ2n) is 4.06. The van der Waals surface area contributed by atoms with Crippen LogP contribution in [-0.2, 0) is 6.54 Å². The average Bonchev–Trinajstić information content (AvgIpc) is 2.43. The second kappa shape index (κ2) is 4.41. The Bertz CT molecular complexity index is 735. The van der Waals surface area contributed by atoms with Crippen molar-refractivity contribution in [1.82, 2.24) is 14.5 Å². The summed E-state index contributed by atoms with van der Waals surface area (Å²) in [5.74, 6) is 0. The summed E-state index contributed by atoms with van der Waals surface area (Å²) in [6.07, 6.45) is 4.78. The van der Waals surface area contributed by atoms with Crippen LogP contribution in [0.1, 0.15) is 5.56 Å². The van der Waals surface area contributed by atoms with Gasteiger partial charge in [0.1, 0.15) is 0 Å². The SMILES string of the molecule is O=c1c2cnccc2ncn1Cc1ccccc1. The third kappa shape index (κ3) is 1.88. The summed E-state index contributed by atoms with van der Waals surface area (Å²) in [6.45, 7) is 0.525. The number of hydrogen-bond donors (Lipinski definition) is 0. The maximum Gasteiger partial charge on any atom is 0.263 e. The molecule has 4 heteroatoms. The summed E-state index contributed by atoms with van der Waals surface area (Å²) >= 11 is 0. The molecule has 3 aromatic rings. The van der Waals surface area contributed by atoms with Crippen molar-refractivity contribution < 1.29 is 0 Å². The van der Waals surface area contributed by atoms with Crippen LogP contribution in [0.25, 0.3) is 10.9 Å². The second-order valence-corrected chi connectivity index (χ2v) is 4.06. The van der Waals surface area contributed by atoms with Gasteiger partial charge in [0, 0.05) is 12.4 Å². The Balaban J connectivity index is 2.08. The fraction of sp³-hybridized carbons (Fsp3) is 0.0714. The predicted molar refractivity (Wildman–Crippen MR) is 69.3 cm³/mol. The van der Waals surface area contributed by atoms with Crippen LogP contribution in [0.15, 0.2) is 59.9 Å². The number of hydrogen-bond acceptors (Lipinski definition) is 3. The first-order valence-corrected chi connectivity index (χ1v) is 5.68.